The molecular formula is C23H24N2O5S. The number of rotatable bonds is 7. The van der Waals surface area contributed by atoms with Crippen molar-refractivity contribution in [3.63, 3.8) is 0 Å². The molecule has 1 aliphatic heterocycles. The van der Waals surface area contributed by atoms with E-state index in [4.69, 9.17) is 14.2 Å². The van der Waals surface area contributed by atoms with Gasteiger partial charge in [0.2, 0.25) is 0 Å². The van der Waals surface area contributed by atoms with Gasteiger partial charge in [0.15, 0.2) is 16.7 Å². The molecule has 162 valence electrons. The smallest absolute Gasteiger partial charge is 0.338 e. The van der Waals surface area contributed by atoms with Gasteiger partial charge in [0, 0.05) is 6.54 Å². The normalized spacial score (nSPS) is 16.1. The molecule has 1 heterocycles. The first-order valence-corrected chi connectivity index (χ1v) is 10.6. The lowest BCUT2D eigenvalue weighted by Crippen LogP contribution is -2.28. The zero-order valence-electron chi connectivity index (χ0n) is 17.9. The van der Waals surface area contributed by atoms with Gasteiger partial charge in [0.25, 0.3) is 5.91 Å². The molecule has 1 saturated heterocycles. The third kappa shape index (κ3) is 5.08. The minimum Gasteiger partial charge on any atom is -0.493 e. The van der Waals surface area contributed by atoms with Crippen molar-refractivity contribution in [3.05, 3.63) is 58.5 Å². The highest BCUT2D eigenvalue weighted by molar-refractivity contribution is 8.18. The second-order valence-electron chi connectivity index (χ2n) is 6.44. The van der Waals surface area contributed by atoms with Crippen LogP contribution in [0.2, 0.25) is 0 Å². The topological polar surface area (TPSA) is 77.4 Å². The zero-order valence-corrected chi connectivity index (χ0v) is 18.7. The van der Waals surface area contributed by atoms with Crippen molar-refractivity contribution in [1.29, 1.82) is 0 Å². The lowest BCUT2D eigenvalue weighted by molar-refractivity contribution is -0.122. The summed E-state index contributed by atoms with van der Waals surface area (Å²) in [4.78, 5) is 31.7. The van der Waals surface area contributed by atoms with Crippen molar-refractivity contribution >= 4 is 40.6 Å². The number of esters is 1. The van der Waals surface area contributed by atoms with Gasteiger partial charge in [-0.15, -0.1) is 0 Å². The summed E-state index contributed by atoms with van der Waals surface area (Å²) < 4.78 is 15.6. The van der Waals surface area contributed by atoms with Gasteiger partial charge in [-0.3, -0.25) is 9.69 Å². The van der Waals surface area contributed by atoms with Crippen molar-refractivity contribution in [1.82, 2.24) is 4.90 Å². The van der Waals surface area contributed by atoms with Crippen molar-refractivity contribution < 1.29 is 23.8 Å². The number of benzene rings is 2. The monoisotopic (exact) mass is 440 g/mol. The summed E-state index contributed by atoms with van der Waals surface area (Å²) in [6, 6.07) is 12.3. The third-order valence-electron chi connectivity index (χ3n) is 4.49. The van der Waals surface area contributed by atoms with E-state index in [0.717, 1.165) is 5.56 Å². The summed E-state index contributed by atoms with van der Waals surface area (Å²) >= 11 is 1.29. The van der Waals surface area contributed by atoms with E-state index in [-0.39, 0.29) is 5.91 Å². The molecule has 1 amide bonds. The summed E-state index contributed by atoms with van der Waals surface area (Å²) in [5.41, 5.74) is 1.81. The summed E-state index contributed by atoms with van der Waals surface area (Å²) in [6.45, 7) is 4.43. The van der Waals surface area contributed by atoms with Crippen LogP contribution in [-0.2, 0) is 9.53 Å². The molecule has 0 unspecified atom stereocenters. The number of methoxy groups -OCH3 is 2. The summed E-state index contributed by atoms with van der Waals surface area (Å²) in [5, 5.41) is 0.556. The van der Waals surface area contributed by atoms with Crippen LogP contribution >= 0.6 is 11.8 Å². The minimum absolute atomic E-state index is 0.123. The lowest BCUT2D eigenvalue weighted by Gasteiger charge is -2.12. The maximum atomic E-state index is 12.9. The van der Waals surface area contributed by atoms with E-state index in [0.29, 0.717) is 46.0 Å². The molecule has 1 fully saturated rings. The van der Waals surface area contributed by atoms with E-state index in [2.05, 4.69) is 4.99 Å². The number of likely N-dealkylation sites (N-methyl/N-ethyl adjacent to an activating group) is 1. The second kappa shape index (κ2) is 10.2. The number of aliphatic imine (C=N–C) groups is 1. The zero-order chi connectivity index (χ0) is 22.4. The molecule has 0 aromatic heterocycles. The molecule has 1 aliphatic rings. The van der Waals surface area contributed by atoms with E-state index in [9.17, 15) is 9.59 Å². The minimum atomic E-state index is -0.402. The Kier molecular flexibility index (Phi) is 7.36. The fourth-order valence-corrected chi connectivity index (χ4v) is 4.05. The van der Waals surface area contributed by atoms with Gasteiger partial charge in [-0.2, -0.15) is 0 Å². The van der Waals surface area contributed by atoms with Gasteiger partial charge in [0.05, 0.1) is 37.0 Å². The fraction of sp³-hybridized carbons (Fsp3) is 0.261. The summed E-state index contributed by atoms with van der Waals surface area (Å²) in [7, 11) is 3.14. The molecule has 2 aromatic rings. The molecule has 0 radical (unpaired) electrons. The number of hydrogen-bond donors (Lipinski definition) is 0. The van der Waals surface area contributed by atoms with Gasteiger partial charge in [0.1, 0.15) is 0 Å². The number of carbonyl (C=O) groups is 2. The predicted octanol–water partition coefficient (Wildman–Crippen LogP) is 4.50. The standard InChI is InChI=1S/C23H24N2O5S/c1-5-25-21(26)20(13-15-10-11-18(28-3)19(12-15)29-4)31-23(25)24-17-9-7-8-16(14-17)22(27)30-6-2/h7-14H,5-6H2,1-4H3. The highest BCUT2D eigenvalue weighted by atomic mass is 32.2. The van der Waals surface area contributed by atoms with Crippen molar-refractivity contribution in [3.8, 4) is 11.5 Å². The average molecular weight is 441 g/mol. The van der Waals surface area contributed by atoms with Gasteiger partial charge in [-0.25, -0.2) is 9.79 Å². The van der Waals surface area contributed by atoms with Gasteiger partial charge >= 0.3 is 5.97 Å². The molecule has 31 heavy (non-hydrogen) atoms. The van der Waals surface area contributed by atoms with Crippen LogP contribution in [0, 0.1) is 0 Å². The Morgan fingerprint density at radius 2 is 1.87 bits per heavy atom. The Labute approximate surface area is 185 Å². The Morgan fingerprint density at radius 1 is 1.10 bits per heavy atom. The molecule has 0 aliphatic carbocycles. The Hall–Kier alpha value is -3.26. The molecule has 2 aromatic carbocycles. The SMILES string of the molecule is CCOC(=O)c1cccc(N=C2SC(=Cc3ccc(OC)c(OC)c3)C(=O)N2CC)c1. The number of carbonyl (C=O) groups excluding carboxylic acids is 2. The molecule has 7 nitrogen and oxygen atoms in total. The molecule has 0 atom stereocenters. The van der Waals surface area contributed by atoms with Crippen LogP contribution < -0.4 is 9.47 Å². The van der Waals surface area contributed by atoms with E-state index in [1.165, 1.54) is 11.8 Å². The van der Waals surface area contributed by atoms with Gasteiger partial charge in [-0.05, 0) is 67.6 Å². The number of amides is 1. The molecule has 0 spiro atoms. The van der Waals surface area contributed by atoms with Crippen LogP contribution in [-0.4, -0.2) is 49.3 Å². The van der Waals surface area contributed by atoms with E-state index < -0.39 is 5.97 Å². The van der Waals surface area contributed by atoms with Gasteiger partial charge in [-0.1, -0.05) is 12.1 Å². The molecule has 8 heteroatoms. The first-order chi connectivity index (χ1) is 15.0. The number of ether oxygens (including phenoxy) is 3. The first kappa shape index (κ1) is 22.4. The maximum absolute atomic E-state index is 12.9. The highest BCUT2D eigenvalue weighted by Gasteiger charge is 2.32. The van der Waals surface area contributed by atoms with E-state index >= 15 is 0 Å². The molecule has 0 saturated carbocycles. The average Bonchev–Trinajstić information content (AvgIpc) is 3.07. The van der Waals surface area contributed by atoms with Gasteiger partial charge < -0.3 is 14.2 Å². The number of amidine groups is 1. The van der Waals surface area contributed by atoms with Crippen LogP contribution in [0.5, 0.6) is 11.5 Å². The quantitative estimate of drug-likeness (QED) is 0.466. The molecule has 3 rings (SSSR count). The highest BCUT2D eigenvalue weighted by Crippen LogP contribution is 2.35. The molecule has 0 N–H and O–H groups in total. The van der Waals surface area contributed by atoms with Crippen LogP contribution in [0.4, 0.5) is 5.69 Å². The molecular weight excluding hydrogens is 416 g/mol. The number of thioether (sulfide) groups is 1. The summed E-state index contributed by atoms with van der Waals surface area (Å²) in [6.07, 6.45) is 1.80. The predicted molar refractivity (Wildman–Crippen MR) is 122 cm³/mol. The third-order valence-corrected chi connectivity index (χ3v) is 5.50. The van der Waals surface area contributed by atoms with Crippen LogP contribution in [0.3, 0.4) is 0 Å². The van der Waals surface area contributed by atoms with Crippen molar-refractivity contribution in [2.45, 2.75) is 13.8 Å². The Morgan fingerprint density at radius 3 is 2.55 bits per heavy atom. The van der Waals surface area contributed by atoms with E-state index in [1.807, 2.05) is 19.1 Å². The van der Waals surface area contributed by atoms with Crippen LogP contribution in [0.15, 0.2) is 52.4 Å². The fourth-order valence-electron chi connectivity index (χ4n) is 2.99. The van der Waals surface area contributed by atoms with Crippen molar-refractivity contribution in [2.75, 3.05) is 27.4 Å². The Balaban J connectivity index is 1.91. The lowest BCUT2D eigenvalue weighted by atomic mass is 10.2. The van der Waals surface area contributed by atoms with Crippen LogP contribution in [0.25, 0.3) is 6.08 Å². The van der Waals surface area contributed by atoms with E-state index in [1.54, 1.807) is 62.5 Å². The first-order valence-electron chi connectivity index (χ1n) is 9.80. The number of hydrogen-bond acceptors (Lipinski definition) is 7. The van der Waals surface area contributed by atoms with Crippen molar-refractivity contribution in [2.24, 2.45) is 4.99 Å². The maximum Gasteiger partial charge on any atom is 0.338 e. The second-order valence-corrected chi connectivity index (χ2v) is 7.45. The largest absolute Gasteiger partial charge is 0.493 e. The van der Waals surface area contributed by atoms with Crippen LogP contribution in [0.1, 0.15) is 29.8 Å². The Bertz CT molecular complexity index is 1050. The summed E-state index contributed by atoms with van der Waals surface area (Å²) in [5.74, 6) is 0.682. The number of nitrogens with zero attached hydrogens (tertiary/aromatic N) is 2. The molecule has 0 bridgehead atoms.